The Morgan fingerprint density at radius 2 is 2.00 bits per heavy atom. The number of rotatable bonds is 3. The predicted molar refractivity (Wildman–Crippen MR) is 77.6 cm³/mol. The van der Waals surface area contributed by atoms with Crippen LogP contribution in [0.4, 0.5) is 0 Å². The van der Waals surface area contributed by atoms with Crippen molar-refractivity contribution < 1.29 is 4.79 Å². The van der Waals surface area contributed by atoms with Crippen molar-refractivity contribution in [3.05, 3.63) is 48.0 Å². The molecule has 2 saturated carbocycles. The van der Waals surface area contributed by atoms with Gasteiger partial charge in [-0.05, 0) is 37.8 Å². The Morgan fingerprint density at radius 3 is 2.57 bits per heavy atom. The van der Waals surface area contributed by atoms with Gasteiger partial charge in [-0.15, -0.1) is 0 Å². The van der Waals surface area contributed by atoms with Crippen molar-refractivity contribution >= 4 is 5.78 Å². The molecule has 0 bridgehead atoms. The zero-order valence-corrected chi connectivity index (χ0v) is 11.6. The minimum atomic E-state index is -0.502. The first kappa shape index (κ1) is 12.3. The lowest BCUT2D eigenvalue weighted by molar-refractivity contribution is 0.0896. The van der Waals surface area contributed by atoms with Gasteiger partial charge in [-0.3, -0.25) is 4.79 Å². The molecule has 2 aliphatic carbocycles. The van der Waals surface area contributed by atoms with Gasteiger partial charge in [0.25, 0.3) is 0 Å². The molecule has 4 rings (SSSR count). The first-order valence-electron chi connectivity index (χ1n) is 7.29. The largest absolute Gasteiger partial charge is 0.291 e. The van der Waals surface area contributed by atoms with E-state index in [-0.39, 0.29) is 5.78 Å². The standard InChI is InChI=1S/C17H15N3O/c21-16(17(9-10-17)20-12-18-11-19-20)15-7-5-14(6-8-15)4-3-13-1-2-13/h5-8,11-13H,1-2,9-10H2. The monoisotopic (exact) mass is 277 g/mol. The minimum Gasteiger partial charge on any atom is -0.291 e. The first-order chi connectivity index (χ1) is 10.3. The van der Waals surface area contributed by atoms with E-state index >= 15 is 0 Å². The summed E-state index contributed by atoms with van der Waals surface area (Å²) in [5.41, 5.74) is 1.20. The fourth-order valence-corrected chi connectivity index (χ4v) is 2.49. The number of nitrogens with zero attached hydrogens (tertiary/aromatic N) is 3. The number of benzene rings is 1. The number of ketones is 1. The second-order valence-electron chi connectivity index (χ2n) is 5.82. The molecule has 4 heteroatoms. The molecule has 0 radical (unpaired) electrons. The SMILES string of the molecule is O=C(c1ccc(C#CC2CC2)cc1)C1(n2cncn2)CC1. The summed E-state index contributed by atoms with van der Waals surface area (Å²) in [7, 11) is 0. The average molecular weight is 277 g/mol. The van der Waals surface area contributed by atoms with Crippen LogP contribution in [-0.2, 0) is 5.54 Å². The number of Topliss-reactive ketones (excluding diaryl/α,β-unsaturated/α-hetero) is 1. The zero-order valence-electron chi connectivity index (χ0n) is 11.6. The molecule has 2 aliphatic rings. The van der Waals surface area contributed by atoms with Crippen LogP contribution < -0.4 is 0 Å². The Kier molecular flexibility index (Phi) is 2.68. The van der Waals surface area contributed by atoms with Crippen LogP contribution in [0, 0.1) is 17.8 Å². The highest BCUT2D eigenvalue weighted by Crippen LogP contribution is 2.45. The molecule has 0 aliphatic heterocycles. The van der Waals surface area contributed by atoms with Gasteiger partial charge in [-0.1, -0.05) is 24.0 Å². The van der Waals surface area contributed by atoms with Crippen LogP contribution in [0.1, 0.15) is 41.6 Å². The van der Waals surface area contributed by atoms with E-state index in [0.29, 0.717) is 5.92 Å². The van der Waals surface area contributed by atoms with Gasteiger partial charge in [0.1, 0.15) is 18.2 Å². The Labute approximate surface area is 123 Å². The molecule has 0 atom stereocenters. The van der Waals surface area contributed by atoms with Crippen molar-refractivity contribution in [3.63, 3.8) is 0 Å². The lowest BCUT2D eigenvalue weighted by Crippen LogP contribution is -2.28. The molecule has 0 amide bonds. The van der Waals surface area contributed by atoms with E-state index in [1.165, 1.54) is 19.2 Å². The maximum atomic E-state index is 12.7. The van der Waals surface area contributed by atoms with Crippen LogP contribution in [0.5, 0.6) is 0 Å². The number of aromatic nitrogens is 3. The molecular weight excluding hydrogens is 262 g/mol. The molecule has 0 unspecified atom stereocenters. The van der Waals surface area contributed by atoms with Crippen molar-refractivity contribution in [1.82, 2.24) is 14.8 Å². The van der Waals surface area contributed by atoms with E-state index in [9.17, 15) is 4.79 Å². The third-order valence-corrected chi connectivity index (χ3v) is 4.15. The third-order valence-electron chi connectivity index (χ3n) is 4.15. The Hall–Kier alpha value is -2.41. The molecule has 21 heavy (non-hydrogen) atoms. The summed E-state index contributed by atoms with van der Waals surface area (Å²) in [5, 5.41) is 4.13. The summed E-state index contributed by atoms with van der Waals surface area (Å²) in [5.74, 6) is 7.11. The highest BCUT2D eigenvalue weighted by Gasteiger charge is 2.52. The number of hydrogen-bond acceptors (Lipinski definition) is 3. The van der Waals surface area contributed by atoms with Crippen molar-refractivity contribution in [2.24, 2.45) is 5.92 Å². The summed E-state index contributed by atoms with van der Waals surface area (Å²) in [6.07, 6.45) is 7.22. The van der Waals surface area contributed by atoms with Gasteiger partial charge in [0.2, 0.25) is 0 Å². The molecule has 0 spiro atoms. The number of carbonyl (C=O) groups is 1. The van der Waals surface area contributed by atoms with Crippen LogP contribution in [0.2, 0.25) is 0 Å². The van der Waals surface area contributed by atoms with Gasteiger partial charge in [-0.2, -0.15) is 5.10 Å². The quantitative estimate of drug-likeness (QED) is 0.639. The van der Waals surface area contributed by atoms with Crippen molar-refractivity contribution in [1.29, 1.82) is 0 Å². The van der Waals surface area contributed by atoms with Gasteiger partial charge >= 0.3 is 0 Å². The van der Waals surface area contributed by atoms with Crippen molar-refractivity contribution in [3.8, 4) is 11.8 Å². The fourth-order valence-electron chi connectivity index (χ4n) is 2.49. The van der Waals surface area contributed by atoms with Crippen LogP contribution in [0.25, 0.3) is 0 Å². The summed E-state index contributed by atoms with van der Waals surface area (Å²) >= 11 is 0. The van der Waals surface area contributed by atoms with E-state index in [4.69, 9.17) is 0 Å². The Morgan fingerprint density at radius 1 is 1.24 bits per heavy atom. The van der Waals surface area contributed by atoms with Gasteiger partial charge in [0.15, 0.2) is 5.78 Å². The molecule has 4 nitrogen and oxygen atoms in total. The molecule has 1 aromatic heterocycles. The lowest BCUT2D eigenvalue weighted by Gasteiger charge is -2.13. The Balaban J connectivity index is 1.56. The Bertz CT molecular complexity index is 727. The maximum Gasteiger partial charge on any atom is 0.190 e. The summed E-state index contributed by atoms with van der Waals surface area (Å²) in [4.78, 5) is 16.6. The fraction of sp³-hybridized carbons (Fsp3) is 0.353. The highest BCUT2D eigenvalue weighted by molar-refractivity contribution is 6.03. The van der Waals surface area contributed by atoms with Crippen molar-refractivity contribution in [2.75, 3.05) is 0 Å². The maximum absolute atomic E-state index is 12.7. The molecule has 1 heterocycles. The second kappa shape index (κ2) is 4.56. The summed E-state index contributed by atoms with van der Waals surface area (Å²) in [6, 6.07) is 7.60. The van der Waals surface area contributed by atoms with E-state index < -0.39 is 5.54 Å². The first-order valence-corrected chi connectivity index (χ1v) is 7.29. The smallest absolute Gasteiger partial charge is 0.190 e. The van der Waals surface area contributed by atoms with Gasteiger partial charge < -0.3 is 0 Å². The van der Waals surface area contributed by atoms with Crippen LogP contribution >= 0.6 is 0 Å². The van der Waals surface area contributed by atoms with Gasteiger partial charge in [-0.25, -0.2) is 9.67 Å². The van der Waals surface area contributed by atoms with Crippen LogP contribution in [0.3, 0.4) is 0 Å². The molecule has 2 fully saturated rings. The topological polar surface area (TPSA) is 47.8 Å². The van der Waals surface area contributed by atoms with Crippen molar-refractivity contribution in [2.45, 2.75) is 31.2 Å². The summed E-state index contributed by atoms with van der Waals surface area (Å²) < 4.78 is 1.69. The van der Waals surface area contributed by atoms with E-state index in [2.05, 4.69) is 21.9 Å². The third kappa shape index (κ3) is 2.25. The minimum absolute atomic E-state index is 0.120. The molecule has 0 N–H and O–H groups in total. The number of hydrogen-bond donors (Lipinski definition) is 0. The van der Waals surface area contributed by atoms with E-state index in [1.54, 1.807) is 11.0 Å². The van der Waals surface area contributed by atoms with Crippen LogP contribution in [-0.4, -0.2) is 20.5 Å². The normalized spacial score (nSPS) is 18.7. The molecule has 2 aromatic rings. The average Bonchev–Trinajstić information content (AvgIpc) is 3.45. The molecule has 1 aromatic carbocycles. The van der Waals surface area contributed by atoms with Gasteiger partial charge in [0.05, 0.1) is 0 Å². The highest BCUT2D eigenvalue weighted by atomic mass is 16.1. The molecule has 0 saturated heterocycles. The lowest BCUT2D eigenvalue weighted by atomic mass is 10.0. The van der Waals surface area contributed by atoms with E-state index in [0.717, 1.165) is 24.0 Å². The second-order valence-corrected chi connectivity index (χ2v) is 5.82. The van der Waals surface area contributed by atoms with Gasteiger partial charge in [0, 0.05) is 17.0 Å². The predicted octanol–water partition coefficient (Wildman–Crippen LogP) is 2.41. The molecule has 104 valence electrons. The molecular formula is C17H15N3O. The zero-order chi connectivity index (χ0) is 14.3. The van der Waals surface area contributed by atoms with E-state index in [1.807, 2.05) is 24.3 Å². The summed E-state index contributed by atoms with van der Waals surface area (Å²) in [6.45, 7) is 0. The number of carbonyl (C=O) groups excluding carboxylic acids is 1. The van der Waals surface area contributed by atoms with Crippen LogP contribution in [0.15, 0.2) is 36.9 Å².